The summed E-state index contributed by atoms with van der Waals surface area (Å²) in [4.78, 5) is 11.2. The van der Waals surface area contributed by atoms with E-state index in [0.717, 1.165) is 0 Å². The molecule has 3 nitrogen and oxygen atoms in total. The van der Waals surface area contributed by atoms with E-state index in [-0.39, 0.29) is 0 Å². The minimum atomic E-state index is -1.33. The van der Waals surface area contributed by atoms with Crippen molar-refractivity contribution in [2.75, 3.05) is 7.11 Å². The average molecular weight is 226 g/mol. The van der Waals surface area contributed by atoms with Crippen molar-refractivity contribution in [3.05, 3.63) is 35.6 Å². The molecule has 16 heavy (non-hydrogen) atoms. The van der Waals surface area contributed by atoms with Gasteiger partial charge in [-0.1, -0.05) is 25.1 Å². The molecule has 1 N–H and O–H groups in total. The summed E-state index contributed by atoms with van der Waals surface area (Å²) in [6.45, 7) is 1.78. The first-order valence-electron chi connectivity index (χ1n) is 5.12. The molecule has 1 aromatic rings. The lowest BCUT2D eigenvalue weighted by atomic mass is 9.90. The summed E-state index contributed by atoms with van der Waals surface area (Å²) in [6, 6.07) is 6.11. The Morgan fingerprint density at radius 3 is 2.62 bits per heavy atom. The molecule has 0 heterocycles. The molecule has 4 heteroatoms. The topological polar surface area (TPSA) is 46.5 Å². The van der Waals surface area contributed by atoms with Gasteiger partial charge in [0, 0.05) is 5.92 Å². The first-order chi connectivity index (χ1) is 7.61. The van der Waals surface area contributed by atoms with Gasteiger partial charge in [-0.05, 0) is 18.1 Å². The Labute approximate surface area is 93.9 Å². The zero-order valence-corrected chi connectivity index (χ0v) is 9.31. The van der Waals surface area contributed by atoms with Crippen LogP contribution in [0.4, 0.5) is 4.39 Å². The fraction of sp³-hybridized carbons (Fsp3) is 0.417. The molecule has 0 aromatic heterocycles. The van der Waals surface area contributed by atoms with Gasteiger partial charge in [-0.2, -0.15) is 0 Å². The van der Waals surface area contributed by atoms with Gasteiger partial charge >= 0.3 is 5.97 Å². The number of carbonyl (C=O) groups is 1. The minimum Gasteiger partial charge on any atom is -0.467 e. The third kappa shape index (κ3) is 2.58. The number of hydrogen-bond acceptors (Lipinski definition) is 3. The maximum atomic E-state index is 13.5. The van der Waals surface area contributed by atoms with E-state index >= 15 is 0 Å². The number of rotatable bonds is 4. The third-order valence-electron chi connectivity index (χ3n) is 2.57. The van der Waals surface area contributed by atoms with Crippen LogP contribution < -0.4 is 0 Å². The van der Waals surface area contributed by atoms with E-state index in [2.05, 4.69) is 4.74 Å². The molecule has 0 fully saturated rings. The smallest absolute Gasteiger partial charge is 0.335 e. The van der Waals surface area contributed by atoms with Crippen LogP contribution in [0, 0.1) is 5.82 Å². The van der Waals surface area contributed by atoms with Crippen molar-refractivity contribution in [2.24, 2.45) is 0 Å². The van der Waals surface area contributed by atoms with Crippen molar-refractivity contribution < 1.29 is 19.0 Å². The van der Waals surface area contributed by atoms with E-state index in [9.17, 15) is 14.3 Å². The highest BCUT2D eigenvalue weighted by molar-refractivity contribution is 5.75. The molecule has 0 amide bonds. The molecule has 0 radical (unpaired) electrons. The van der Waals surface area contributed by atoms with Crippen LogP contribution >= 0.6 is 0 Å². The van der Waals surface area contributed by atoms with E-state index in [0.29, 0.717) is 12.0 Å². The lowest BCUT2D eigenvalue weighted by molar-refractivity contribution is -0.151. The van der Waals surface area contributed by atoms with Crippen molar-refractivity contribution in [3.8, 4) is 0 Å². The highest BCUT2D eigenvalue weighted by Crippen LogP contribution is 2.26. The van der Waals surface area contributed by atoms with Crippen molar-refractivity contribution in [3.63, 3.8) is 0 Å². The second-order valence-electron chi connectivity index (χ2n) is 3.50. The highest BCUT2D eigenvalue weighted by Gasteiger charge is 2.28. The zero-order valence-electron chi connectivity index (χ0n) is 9.31. The molecule has 88 valence electrons. The quantitative estimate of drug-likeness (QED) is 0.797. The van der Waals surface area contributed by atoms with E-state index in [1.165, 1.54) is 13.2 Å². The lowest BCUT2D eigenvalue weighted by Crippen LogP contribution is -2.29. The van der Waals surface area contributed by atoms with Crippen LogP contribution in [0.2, 0.25) is 0 Å². The molecule has 0 aliphatic rings. The van der Waals surface area contributed by atoms with Crippen molar-refractivity contribution in [2.45, 2.75) is 25.4 Å². The fourth-order valence-corrected chi connectivity index (χ4v) is 1.67. The van der Waals surface area contributed by atoms with Gasteiger partial charge < -0.3 is 9.84 Å². The standard InChI is InChI=1S/C12H15FO3/c1-3-8(11(14)12(15)16-2)9-6-4-5-7-10(9)13/h4-8,11,14H,3H2,1-2H3. The molecule has 0 bridgehead atoms. The van der Waals surface area contributed by atoms with Crippen molar-refractivity contribution in [1.29, 1.82) is 0 Å². The lowest BCUT2D eigenvalue weighted by Gasteiger charge is -2.20. The van der Waals surface area contributed by atoms with Gasteiger partial charge in [0.1, 0.15) is 5.82 Å². The Kier molecular flexibility index (Phi) is 4.43. The zero-order chi connectivity index (χ0) is 12.1. The van der Waals surface area contributed by atoms with Crippen molar-refractivity contribution >= 4 is 5.97 Å². The fourth-order valence-electron chi connectivity index (χ4n) is 1.67. The Balaban J connectivity index is 2.99. The largest absolute Gasteiger partial charge is 0.467 e. The molecule has 0 saturated heterocycles. The first-order valence-corrected chi connectivity index (χ1v) is 5.12. The monoisotopic (exact) mass is 226 g/mol. The number of ether oxygens (including phenoxy) is 1. The number of carbonyl (C=O) groups excluding carboxylic acids is 1. The normalized spacial score (nSPS) is 14.2. The Bertz CT molecular complexity index is 365. The summed E-state index contributed by atoms with van der Waals surface area (Å²) in [5.74, 6) is -1.74. The van der Waals surface area contributed by atoms with E-state index in [4.69, 9.17) is 0 Å². The van der Waals surface area contributed by atoms with Crippen LogP contribution in [0.25, 0.3) is 0 Å². The molecule has 0 spiro atoms. The van der Waals surface area contributed by atoms with Gasteiger partial charge in [0.15, 0.2) is 6.10 Å². The molecular weight excluding hydrogens is 211 g/mol. The van der Waals surface area contributed by atoms with E-state index in [1.54, 1.807) is 25.1 Å². The van der Waals surface area contributed by atoms with Gasteiger partial charge in [0.05, 0.1) is 7.11 Å². The summed E-state index contributed by atoms with van der Waals surface area (Å²) < 4.78 is 17.9. The van der Waals surface area contributed by atoms with E-state index in [1.807, 2.05) is 0 Å². The molecule has 1 aromatic carbocycles. The number of halogens is 1. The van der Waals surface area contributed by atoms with E-state index < -0.39 is 23.8 Å². The van der Waals surface area contributed by atoms with Crippen LogP contribution in [-0.4, -0.2) is 24.3 Å². The van der Waals surface area contributed by atoms with Gasteiger partial charge in [-0.3, -0.25) is 0 Å². The summed E-state index contributed by atoms with van der Waals surface area (Å²) in [7, 11) is 1.19. The summed E-state index contributed by atoms with van der Waals surface area (Å²) in [5, 5.41) is 9.71. The Morgan fingerprint density at radius 1 is 1.50 bits per heavy atom. The van der Waals surface area contributed by atoms with Crippen LogP contribution in [-0.2, 0) is 9.53 Å². The molecule has 0 saturated carbocycles. The molecule has 2 atom stereocenters. The SMILES string of the molecule is CCC(c1ccccc1F)C(O)C(=O)OC. The minimum absolute atomic E-state index is 0.336. The maximum Gasteiger partial charge on any atom is 0.335 e. The maximum absolute atomic E-state index is 13.5. The highest BCUT2D eigenvalue weighted by atomic mass is 19.1. The number of methoxy groups -OCH3 is 1. The predicted molar refractivity (Wildman–Crippen MR) is 57.5 cm³/mol. The number of aliphatic hydroxyl groups excluding tert-OH is 1. The Morgan fingerprint density at radius 2 is 2.12 bits per heavy atom. The first kappa shape index (κ1) is 12.6. The summed E-state index contributed by atoms with van der Waals surface area (Å²) in [6.07, 6.45) is -0.871. The third-order valence-corrected chi connectivity index (χ3v) is 2.57. The summed E-state index contributed by atoms with van der Waals surface area (Å²) in [5.41, 5.74) is 0.336. The number of aliphatic hydroxyl groups is 1. The molecule has 2 unspecified atom stereocenters. The predicted octanol–water partition coefficient (Wildman–Crippen LogP) is 1.85. The number of benzene rings is 1. The van der Waals surface area contributed by atoms with Gasteiger partial charge in [0.25, 0.3) is 0 Å². The average Bonchev–Trinajstić information content (AvgIpc) is 2.31. The number of esters is 1. The van der Waals surface area contributed by atoms with Crippen LogP contribution in [0.15, 0.2) is 24.3 Å². The van der Waals surface area contributed by atoms with Crippen molar-refractivity contribution in [1.82, 2.24) is 0 Å². The van der Waals surface area contributed by atoms with Gasteiger partial charge in [0.2, 0.25) is 0 Å². The van der Waals surface area contributed by atoms with Crippen LogP contribution in [0.1, 0.15) is 24.8 Å². The second kappa shape index (κ2) is 5.61. The molecule has 0 aliphatic heterocycles. The molecule has 0 aliphatic carbocycles. The van der Waals surface area contributed by atoms with Gasteiger partial charge in [-0.25, -0.2) is 9.18 Å². The van der Waals surface area contributed by atoms with Crippen LogP contribution in [0.3, 0.4) is 0 Å². The Hall–Kier alpha value is -1.42. The molecule has 1 rings (SSSR count). The van der Waals surface area contributed by atoms with Gasteiger partial charge in [-0.15, -0.1) is 0 Å². The second-order valence-corrected chi connectivity index (χ2v) is 3.50. The number of hydrogen-bond donors (Lipinski definition) is 1. The summed E-state index contributed by atoms with van der Waals surface area (Å²) >= 11 is 0. The molecular formula is C12H15FO3. The van der Waals surface area contributed by atoms with Crippen LogP contribution in [0.5, 0.6) is 0 Å².